The molecule has 0 spiro atoms. The van der Waals surface area contributed by atoms with E-state index >= 15 is 0 Å². The smallest absolute Gasteiger partial charge is 0.258 e. The third-order valence-corrected chi connectivity index (χ3v) is 5.73. The Balaban J connectivity index is 2.35. The molecule has 1 aromatic carbocycles. The molecule has 0 fully saturated rings. The summed E-state index contributed by atoms with van der Waals surface area (Å²) in [5.74, 6) is -0.876. The minimum atomic E-state index is -0.614. The first-order valence-electron chi connectivity index (χ1n) is 10.2. The van der Waals surface area contributed by atoms with Crippen molar-refractivity contribution in [1.29, 1.82) is 0 Å². The van der Waals surface area contributed by atoms with Crippen molar-refractivity contribution in [2.24, 2.45) is 0 Å². The second-order valence-electron chi connectivity index (χ2n) is 7.49. The van der Waals surface area contributed by atoms with Crippen molar-refractivity contribution in [1.82, 2.24) is 9.13 Å². The summed E-state index contributed by atoms with van der Waals surface area (Å²) in [5, 5.41) is 21.6. The van der Waals surface area contributed by atoms with Gasteiger partial charge in [-0.2, -0.15) is 0 Å². The molecule has 0 saturated carbocycles. The molecule has 2 aromatic heterocycles. The number of aryl methyl sites for hydroxylation is 1. The normalized spacial score (nSPS) is 12.1. The van der Waals surface area contributed by atoms with Crippen molar-refractivity contribution in [2.45, 2.75) is 53.1 Å². The molecule has 0 aliphatic rings. The average Bonchev–Trinajstić information content (AvgIpc) is 2.68. The van der Waals surface area contributed by atoms with Crippen molar-refractivity contribution >= 4 is 0 Å². The van der Waals surface area contributed by atoms with Gasteiger partial charge in [-0.05, 0) is 45.7 Å². The minimum Gasteiger partial charge on any atom is -0.507 e. The van der Waals surface area contributed by atoms with E-state index in [2.05, 4.69) is 0 Å². The molecule has 3 aromatic rings. The SMILES string of the molecule is CCn1c(C)c(C(Cc2ccccc2)c2c(O)cc(C)n(CC)c2=O)c(O)cc1=O. The molecule has 0 radical (unpaired) electrons. The van der Waals surface area contributed by atoms with Crippen molar-refractivity contribution in [3.05, 3.63) is 91.3 Å². The highest BCUT2D eigenvalue weighted by Gasteiger charge is 2.29. The van der Waals surface area contributed by atoms with Crippen molar-refractivity contribution in [3.63, 3.8) is 0 Å². The molecule has 30 heavy (non-hydrogen) atoms. The molecule has 0 aliphatic carbocycles. The monoisotopic (exact) mass is 408 g/mol. The lowest BCUT2D eigenvalue weighted by Gasteiger charge is -2.24. The van der Waals surface area contributed by atoms with E-state index in [-0.39, 0.29) is 28.2 Å². The molecule has 0 aliphatic heterocycles. The first-order chi connectivity index (χ1) is 14.3. The maximum absolute atomic E-state index is 13.3. The summed E-state index contributed by atoms with van der Waals surface area (Å²) in [7, 11) is 0. The Morgan fingerprint density at radius 2 is 1.47 bits per heavy atom. The van der Waals surface area contributed by atoms with Gasteiger partial charge in [-0.3, -0.25) is 9.59 Å². The number of benzene rings is 1. The molecule has 1 atom stereocenters. The second kappa shape index (κ2) is 8.61. The van der Waals surface area contributed by atoms with Crippen LogP contribution in [0, 0.1) is 13.8 Å². The summed E-state index contributed by atoms with van der Waals surface area (Å²) in [5.41, 5.74) is 2.34. The van der Waals surface area contributed by atoms with E-state index in [1.807, 2.05) is 44.2 Å². The number of nitrogens with zero attached hydrogens (tertiary/aromatic N) is 2. The van der Waals surface area contributed by atoms with Crippen molar-refractivity contribution < 1.29 is 10.2 Å². The molecule has 3 rings (SSSR count). The van der Waals surface area contributed by atoms with E-state index in [0.717, 1.165) is 5.56 Å². The zero-order valence-electron chi connectivity index (χ0n) is 17.8. The van der Waals surface area contributed by atoms with E-state index in [0.29, 0.717) is 36.5 Å². The second-order valence-corrected chi connectivity index (χ2v) is 7.49. The molecular formula is C24H28N2O4. The molecular weight excluding hydrogens is 380 g/mol. The predicted octanol–water partition coefficient (Wildman–Crippen LogP) is 3.45. The lowest BCUT2D eigenvalue weighted by molar-refractivity contribution is 0.443. The van der Waals surface area contributed by atoms with Crippen LogP contribution in [-0.2, 0) is 19.5 Å². The Morgan fingerprint density at radius 1 is 0.867 bits per heavy atom. The first kappa shape index (κ1) is 21.4. The van der Waals surface area contributed by atoms with E-state index in [1.165, 1.54) is 6.07 Å². The molecule has 2 N–H and O–H groups in total. The van der Waals surface area contributed by atoms with Gasteiger partial charge in [0, 0.05) is 42.0 Å². The van der Waals surface area contributed by atoms with Crippen LogP contribution in [0.4, 0.5) is 0 Å². The summed E-state index contributed by atoms with van der Waals surface area (Å²) in [6.45, 7) is 8.18. The number of aromatic nitrogens is 2. The standard InChI is InChI=1S/C24H28N2O4/c1-5-25-15(3)12-19(27)23(24(25)30)18(13-17-10-8-7-9-11-17)22-16(4)26(6-2)21(29)14-20(22)28/h7-12,14,18,27-28H,5-6,13H2,1-4H3. The van der Waals surface area contributed by atoms with Crippen LogP contribution in [0.15, 0.2) is 52.1 Å². The number of hydrogen-bond donors (Lipinski definition) is 2. The van der Waals surface area contributed by atoms with Crippen LogP contribution in [0.5, 0.6) is 11.5 Å². The van der Waals surface area contributed by atoms with E-state index in [1.54, 1.807) is 29.0 Å². The van der Waals surface area contributed by atoms with Gasteiger partial charge in [0.15, 0.2) is 0 Å². The Bertz CT molecular complexity index is 1180. The van der Waals surface area contributed by atoms with E-state index < -0.39 is 5.92 Å². The van der Waals surface area contributed by atoms with Gasteiger partial charge in [-0.25, -0.2) is 0 Å². The summed E-state index contributed by atoms with van der Waals surface area (Å²) >= 11 is 0. The van der Waals surface area contributed by atoms with Gasteiger partial charge in [0.25, 0.3) is 11.1 Å². The summed E-state index contributed by atoms with van der Waals surface area (Å²) in [4.78, 5) is 25.7. The quantitative estimate of drug-likeness (QED) is 0.654. The van der Waals surface area contributed by atoms with Crippen LogP contribution in [0.25, 0.3) is 0 Å². The molecule has 0 saturated heterocycles. The predicted molar refractivity (Wildman–Crippen MR) is 118 cm³/mol. The summed E-state index contributed by atoms with van der Waals surface area (Å²) in [6, 6.07) is 12.4. The average molecular weight is 408 g/mol. The van der Waals surface area contributed by atoms with Crippen LogP contribution >= 0.6 is 0 Å². The highest BCUT2D eigenvalue weighted by atomic mass is 16.3. The summed E-state index contributed by atoms with van der Waals surface area (Å²) in [6.07, 6.45) is 0.396. The Labute approximate surface area is 175 Å². The largest absolute Gasteiger partial charge is 0.507 e. The van der Waals surface area contributed by atoms with Gasteiger partial charge < -0.3 is 19.3 Å². The molecule has 158 valence electrons. The molecule has 6 nitrogen and oxygen atoms in total. The highest BCUT2D eigenvalue weighted by molar-refractivity contribution is 5.49. The van der Waals surface area contributed by atoms with Gasteiger partial charge in [-0.1, -0.05) is 30.3 Å². The number of aromatic hydroxyl groups is 2. The lowest BCUT2D eigenvalue weighted by Crippen LogP contribution is -2.29. The van der Waals surface area contributed by atoms with E-state index in [4.69, 9.17) is 0 Å². The van der Waals surface area contributed by atoms with Crippen molar-refractivity contribution in [3.8, 4) is 11.5 Å². The van der Waals surface area contributed by atoms with Gasteiger partial charge >= 0.3 is 0 Å². The third kappa shape index (κ3) is 3.77. The van der Waals surface area contributed by atoms with Crippen LogP contribution in [-0.4, -0.2) is 19.3 Å². The first-order valence-corrected chi connectivity index (χ1v) is 10.2. The molecule has 2 heterocycles. The summed E-state index contributed by atoms with van der Waals surface area (Å²) < 4.78 is 3.17. The minimum absolute atomic E-state index is 0.101. The number of pyridine rings is 2. The number of hydrogen-bond acceptors (Lipinski definition) is 4. The van der Waals surface area contributed by atoms with Crippen LogP contribution in [0.2, 0.25) is 0 Å². The zero-order valence-corrected chi connectivity index (χ0v) is 17.8. The zero-order chi connectivity index (χ0) is 22.0. The fraction of sp³-hybridized carbons (Fsp3) is 0.333. The molecule has 0 bridgehead atoms. The van der Waals surface area contributed by atoms with Gasteiger partial charge in [0.1, 0.15) is 11.5 Å². The highest BCUT2D eigenvalue weighted by Crippen LogP contribution is 2.37. The fourth-order valence-corrected chi connectivity index (χ4v) is 4.28. The van der Waals surface area contributed by atoms with Crippen LogP contribution < -0.4 is 11.1 Å². The lowest BCUT2D eigenvalue weighted by atomic mass is 9.84. The van der Waals surface area contributed by atoms with E-state index in [9.17, 15) is 19.8 Å². The molecule has 0 amide bonds. The van der Waals surface area contributed by atoms with Gasteiger partial charge in [0.2, 0.25) is 0 Å². The molecule has 1 unspecified atom stereocenters. The molecule has 6 heteroatoms. The number of rotatable bonds is 6. The Hall–Kier alpha value is -3.28. The van der Waals surface area contributed by atoms with Gasteiger partial charge in [0.05, 0.1) is 5.56 Å². The van der Waals surface area contributed by atoms with Crippen LogP contribution in [0.3, 0.4) is 0 Å². The maximum Gasteiger partial charge on any atom is 0.258 e. The maximum atomic E-state index is 13.3. The topological polar surface area (TPSA) is 84.5 Å². The van der Waals surface area contributed by atoms with Gasteiger partial charge in [-0.15, -0.1) is 0 Å². The van der Waals surface area contributed by atoms with Crippen LogP contribution in [0.1, 0.15) is 47.8 Å². The van der Waals surface area contributed by atoms with Crippen molar-refractivity contribution in [2.75, 3.05) is 0 Å². The fourth-order valence-electron chi connectivity index (χ4n) is 4.28. The Morgan fingerprint density at radius 3 is 2.07 bits per heavy atom. The Kier molecular flexibility index (Phi) is 6.15. The third-order valence-electron chi connectivity index (χ3n) is 5.73.